The Bertz CT molecular complexity index is 487. The molecule has 0 aliphatic carbocycles. The maximum absolute atomic E-state index is 13.1. The number of hydrogen-bond donors (Lipinski definition) is 0. The third kappa shape index (κ3) is 1.50. The Kier molecular flexibility index (Phi) is 2.68. The highest BCUT2D eigenvalue weighted by Gasteiger charge is 2.36. The molecule has 16 heavy (non-hydrogen) atoms. The minimum Gasteiger partial charge on any atom is -0.303 e. The van der Waals surface area contributed by atoms with Gasteiger partial charge in [-0.2, -0.15) is 0 Å². The average molecular weight is 242 g/mol. The molecule has 0 fully saturated rings. The summed E-state index contributed by atoms with van der Waals surface area (Å²) in [6.45, 7) is 1.92. The fourth-order valence-electron chi connectivity index (χ4n) is 1.90. The van der Waals surface area contributed by atoms with E-state index in [4.69, 9.17) is 11.6 Å². The van der Waals surface area contributed by atoms with Crippen LogP contribution in [0.3, 0.4) is 0 Å². The van der Waals surface area contributed by atoms with Crippen LogP contribution in [-0.4, -0.2) is 24.1 Å². The van der Waals surface area contributed by atoms with Crippen molar-refractivity contribution < 1.29 is 14.0 Å². The minimum atomic E-state index is -0.664. The van der Waals surface area contributed by atoms with E-state index in [1.807, 2.05) is 0 Å². The first kappa shape index (κ1) is 11.1. The first-order chi connectivity index (χ1) is 7.56. The molecular formula is C11H9ClFNO2. The molecule has 1 aliphatic heterocycles. The number of fused-ring (bicyclic) bond motifs is 1. The highest BCUT2D eigenvalue weighted by Crippen LogP contribution is 2.32. The van der Waals surface area contributed by atoms with E-state index in [-0.39, 0.29) is 18.0 Å². The average Bonchev–Trinajstić information content (AvgIpc) is 2.44. The van der Waals surface area contributed by atoms with Crippen LogP contribution in [-0.2, 0) is 4.79 Å². The van der Waals surface area contributed by atoms with Crippen LogP contribution in [0.5, 0.6) is 0 Å². The van der Waals surface area contributed by atoms with Crippen molar-refractivity contribution >= 4 is 29.0 Å². The highest BCUT2D eigenvalue weighted by molar-refractivity contribution is 6.52. The summed E-state index contributed by atoms with van der Waals surface area (Å²) in [5, 5.41) is 0. The molecule has 1 heterocycles. The lowest BCUT2D eigenvalue weighted by molar-refractivity contribution is -0.114. The molecule has 3 nitrogen and oxygen atoms in total. The molecule has 1 aromatic rings. The predicted octanol–water partition coefficient (Wildman–Crippen LogP) is 1.90. The largest absolute Gasteiger partial charge is 0.303 e. The number of hydrogen-bond acceptors (Lipinski definition) is 2. The molecule has 0 spiro atoms. The number of alkyl halides is 1. The van der Waals surface area contributed by atoms with Gasteiger partial charge in [0.15, 0.2) is 0 Å². The van der Waals surface area contributed by atoms with E-state index in [0.29, 0.717) is 11.3 Å². The predicted molar refractivity (Wildman–Crippen MR) is 58.5 cm³/mol. The third-order valence-corrected chi connectivity index (χ3v) is 2.70. The van der Waals surface area contributed by atoms with Crippen LogP contribution in [0.15, 0.2) is 12.1 Å². The van der Waals surface area contributed by atoms with Crippen LogP contribution in [0.2, 0.25) is 0 Å². The second-order valence-corrected chi connectivity index (χ2v) is 3.97. The molecule has 0 saturated carbocycles. The first-order valence-corrected chi connectivity index (χ1v) is 5.32. The van der Waals surface area contributed by atoms with Crippen molar-refractivity contribution in [2.45, 2.75) is 6.92 Å². The third-order valence-electron chi connectivity index (χ3n) is 2.53. The van der Waals surface area contributed by atoms with Crippen LogP contribution in [0.25, 0.3) is 0 Å². The Labute approximate surface area is 96.8 Å². The number of anilines is 1. The van der Waals surface area contributed by atoms with Gasteiger partial charge in [-0.1, -0.05) is 0 Å². The zero-order valence-corrected chi connectivity index (χ0v) is 9.34. The molecule has 5 heteroatoms. The van der Waals surface area contributed by atoms with E-state index in [1.54, 1.807) is 6.92 Å². The van der Waals surface area contributed by atoms with Gasteiger partial charge in [0.05, 0.1) is 11.3 Å². The number of aryl methyl sites for hydroxylation is 1. The maximum Gasteiger partial charge on any atom is 0.299 e. The zero-order valence-electron chi connectivity index (χ0n) is 8.59. The van der Waals surface area contributed by atoms with Crippen LogP contribution in [0.4, 0.5) is 10.1 Å². The number of halogens is 2. The quantitative estimate of drug-likeness (QED) is 0.586. The Morgan fingerprint density at radius 1 is 1.38 bits per heavy atom. The van der Waals surface area contributed by atoms with Crippen molar-refractivity contribution in [2.24, 2.45) is 0 Å². The molecule has 0 saturated heterocycles. The standard InChI is InChI=1S/C11H9ClFNO2/c1-6-4-7(13)5-8-9(6)14(3-2-12)11(16)10(8)15/h4-5H,2-3H2,1H3. The molecule has 1 amide bonds. The molecule has 84 valence electrons. The number of Topliss-reactive ketones (excluding diaryl/α,β-unsaturated/α-hetero) is 1. The number of amides is 1. The summed E-state index contributed by atoms with van der Waals surface area (Å²) < 4.78 is 13.1. The number of rotatable bonds is 2. The van der Waals surface area contributed by atoms with Crippen LogP contribution < -0.4 is 4.90 Å². The topological polar surface area (TPSA) is 37.4 Å². The lowest BCUT2D eigenvalue weighted by Gasteiger charge is -2.16. The van der Waals surface area contributed by atoms with E-state index < -0.39 is 17.5 Å². The first-order valence-electron chi connectivity index (χ1n) is 4.78. The number of nitrogens with zero attached hydrogens (tertiary/aromatic N) is 1. The normalized spacial score (nSPS) is 14.6. The summed E-state index contributed by atoms with van der Waals surface area (Å²) in [6, 6.07) is 2.39. The summed E-state index contributed by atoms with van der Waals surface area (Å²) >= 11 is 5.57. The smallest absolute Gasteiger partial charge is 0.299 e. The van der Waals surface area contributed by atoms with Crippen molar-refractivity contribution in [3.05, 3.63) is 29.1 Å². The van der Waals surface area contributed by atoms with Gasteiger partial charge in [-0.05, 0) is 24.6 Å². The summed E-state index contributed by atoms with van der Waals surface area (Å²) in [5.74, 6) is -1.58. The summed E-state index contributed by atoms with van der Waals surface area (Å²) in [4.78, 5) is 24.5. The van der Waals surface area contributed by atoms with Crippen molar-refractivity contribution in [1.29, 1.82) is 0 Å². The Morgan fingerprint density at radius 2 is 2.06 bits per heavy atom. The van der Waals surface area contributed by atoms with Gasteiger partial charge in [0.2, 0.25) is 0 Å². The second-order valence-electron chi connectivity index (χ2n) is 3.59. The number of carbonyl (C=O) groups excluding carboxylic acids is 2. The van der Waals surface area contributed by atoms with Gasteiger partial charge in [-0.15, -0.1) is 11.6 Å². The van der Waals surface area contributed by atoms with Crippen molar-refractivity contribution in [2.75, 3.05) is 17.3 Å². The molecule has 0 unspecified atom stereocenters. The van der Waals surface area contributed by atoms with Gasteiger partial charge in [0, 0.05) is 12.4 Å². The fourth-order valence-corrected chi connectivity index (χ4v) is 2.07. The second kappa shape index (κ2) is 3.87. The molecule has 1 aliphatic rings. The Hall–Kier alpha value is -1.42. The number of benzene rings is 1. The highest BCUT2D eigenvalue weighted by atomic mass is 35.5. The van der Waals surface area contributed by atoms with Crippen LogP contribution in [0.1, 0.15) is 15.9 Å². The van der Waals surface area contributed by atoms with Gasteiger partial charge < -0.3 is 4.90 Å². The van der Waals surface area contributed by atoms with E-state index in [9.17, 15) is 14.0 Å². The lowest BCUT2D eigenvalue weighted by atomic mass is 10.1. The summed E-state index contributed by atoms with van der Waals surface area (Å²) in [6.07, 6.45) is 0. The van der Waals surface area contributed by atoms with E-state index in [0.717, 1.165) is 6.07 Å². The molecular weight excluding hydrogens is 233 g/mol. The summed E-state index contributed by atoms with van der Waals surface area (Å²) in [5.41, 5.74) is 1.18. The lowest BCUT2D eigenvalue weighted by Crippen LogP contribution is -2.31. The van der Waals surface area contributed by atoms with Gasteiger partial charge in [-0.25, -0.2) is 4.39 Å². The molecule has 1 aromatic carbocycles. The van der Waals surface area contributed by atoms with Crippen LogP contribution in [0, 0.1) is 12.7 Å². The van der Waals surface area contributed by atoms with E-state index in [1.165, 1.54) is 11.0 Å². The number of carbonyl (C=O) groups is 2. The molecule has 0 N–H and O–H groups in total. The Balaban J connectivity index is 2.60. The van der Waals surface area contributed by atoms with E-state index in [2.05, 4.69) is 0 Å². The van der Waals surface area contributed by atoms with Gasteiger partial charge in [0.25, 0.3) is 11.7 Å². The molecule has 0 radical (unpaired) electrons. The van der Waals surface area contributed by atoms with Crippen LogP contribution >= 0.6 is 11.6 Å². The molecule has 2 rings (SSSR count). The SMILES string of the molecule is Cc1cc(F)cc2c1N(CCCl)C(=O)C2=O. The van der Waals surface area contributed by atoms with Crippen molar-refractivity contribution in [3.63, 3.8) is 0 Å². The number of ketones is 1. The minimum absolute atomic E-state index is 0.132. The molecule has 0 aromatic heterocycles. The van der Waals surface area contributed by atoms with E-state index >= 15 is 0 Å². The zero-order chi connectivity index (χ0) is 11.9. The van der Waals surface area contributed by atoms with Crippen molar-refractivity contribution in [1.82, 2.24) is 0 Å². The van der Waals surface area contributed by atoms with Gasteiger partial charge >= 0.3 is 0 Å². The van der Waals surface area contributed by atoms with Crippen molar-refractivity contribution in [3.8, 4) is 0 Å². The Morgan fingerprint density at radius 3 is 2.69 bits per heavy atom. The van der Waals surface area contributed by atoms with Gasteiger partial charge in [0.1, 0.15) is 5.82 Å². The molecule has 0 atom stereocenters. The summed E-state index contributed by atoms with van der Waals surface area (Å²) in [7, 11) is 0. The fraction of sp³-hybridized carbons (Fsp3) is 0.273. The van der Waals surface area contributed by atoms with Gasteiger partial charge in [-0.3, -0.25) is 9.59 Å². The molecule has 0 bridgehead atoms. The monoisotopic (exact) mass is 241 g/mol. The maximum atomic E-state index is 13.1.